The third kappa shape index (κ3) is 3.58. The summed E-state index contributed by atoms with van der Waals surface area (Å²) >= 11 is 0. The highest BCUT2D eigenvalue weighted by molar-refractivity contribution is 7.92. The maximum Gasteiger partial charge on any atom is 0.416 e. The van der Waals surface area contributed by atoms with E-state index >= 15 is 0 Å². The minimum atomic E-state index is -4.63. The fourth-order valence-electron chi connectivity index (χ4n) is 2.96. The molecule has 3 rings (SSSR count). The monoisotopic (exact) mass is 411 g/mol. The van der Waals surface area contributed by atoms with Gasteiger partial charge in [-0.1, -0.05) is 6.07 Å². The lowest BCUT2D eigenvalue weighted by molar-refractivity contribution is -0.137. The lowest BCUT2D eigenvalue weighted by Gasteiger charge is -2.16. The highest BCUT2D eigenvalue weighted by Crippen LogP contribution is 2.34. The van der Waals surface area contributed by atoms with Crippen LogP contribution in [0.5, 0.6) is 0 Å². The van der Waals surface area contributed by atoms with E-state index in [0.29, 0.717) is 17.1 Å². The van der Waals surface area contributed by atoms with Crippen LogP contribution in [0.3, 0.4) is 0 Å². The number of imidazole rings is 1. The van der Waals surface area contributed by atoms with Gasteiger partial charge in [-0.05, 0) is 63.1 Å². The number of fused-ring (bicyclic) bond motifs is 1. The summed E-state index contributed by atoms with van der Waals surface area (Å²) in [4.78, 5) is 3.87. The van der Waals surface area contributed by atoms with Gasteiger partial charge >= 0.3 is 6.18 Å². The number of nitrogens with zero attached hydrogens (tertiary/aromatic N) is 2. The smallest absolute Gasteiger partial charge is 0.328 e. The molecule has 0 aliphatic heterocycles. The maximum absolute atomic E-state index is 13.0. The summed E-state index contributed by atoms with van der Waals surface area (Å²) in [5.74, 6) is 0. The zero-order valence-electron chi connectivity index (χ0n) is 15.8. The molecule has 0 atom stereocenters. The molecule has 9 heteroatoms. The van der Waals surface area contributed by atoms with E-state index in [0.717, 1.165) is 29.3 Å². The third-order valence-electron chi connectivity index (χ3n) is 4.65. The van der Waals surface area contributed by atoms with Gasteiger partial charge < -0.3 is 4.57 Å². The molecule has 2 aromatic carbocycles. The van der Waals surface area contributed by atoms with Crippen molar-refractivity contribution in [2.45, 2.75) is 44.8 Å². The third-order valence-corrected chi connectivity index (χ3v) is 6.00. The van der Waals surface area contributed by atoms with E-state index in [4.69, 9.17) is 0 Å². The molecule has 0 spiro atoms. The van der Waals surface area contributed by atoms with Gasteiger partial charge in [0.2, 0.25) is 0 Å². The van der Waals surface area contributed by atoms with E-state index < -0.39 is 26.7 Å². The molecule has 0 radical (unpaired) electrons. The van der Waals surface area contributed by atoms with Gasteiger partial charge in [0.25, 0.3) is 10.0 Å². The highest BCUT2D eigenvalue weighted by atomic mass is 32.2. The molecule has 1 aromatic heterocycles. The Kier molecular flexibility index (Phi) is 4.91. The van der Waals surface area contributed by atoms with Gasteiger partial charge in [0, 0.05) is 6.04 Å². The van der Waals surface area contributed by atoms with Gasteiger partial charge in [-0.3, -0.25) is 4.72 Å². The molecule has 0 aliphatic rings. The summed E-state index contributed by atoms with van der Waals surface area (Å²) in [7, 11) is -4.24. The van der Waals surface area contributed by atoms with Crippen LogP contribution in [0.4, 0.5) is 18.9 Å². The second-order valence-corrected chi connectivity index (χ2v) is 8.62. The molecule has 0 unspecified atom stereocenters. The Bertz CT molecular complexity index is 1150. The first-order valence-electron chi connectivity index (χ1n) is 8.58. The van der Waals surface area contributed by atoms with Gasteiger partial charge in [-0.25, -0.2) is 13.4 Å². The van der Waals surface area contributed by atoms with Crippen LogP contribution >= 0.6 is 0 Å². The molecule has 1 heterocycles. The molecule has 28 heavy (non-hydrogen) atoms. The number of anilines is 1. The van der Waals surface area contributed by atoms with Crippen molar-refractivity contribution in [1.82, 2.24) is 9.55 Å². The molecule has 3 aromatic rings. The lowest BCUT2D eigenvalue weighted by atomic mass is 10.1. The van der Waals surface area contributed by atoms with Crippen molar-refractivity contribution < 1.29 is 21.6 Å². The zero-order valence-corrected chi connectivity index (χ0v) is 16.6. The molecule has 0 fully saturated rings. The van der Waals surface area contributed by atoms with Gasteiger partial charge in [0.15, 0.2) is 0 Å². The van der Waals surface area contributed by atoms with Crippen LogP contribution in [-0.2, 0) is 16.2 Å². The lowest BCUT2D eigenvalue weighted by Crippen LogP contribution is -2.16. The van der Waals surface area contributed by atoms with Crippen LogP contribution in [0.1, 0.15) is 36.6 Å². The van der Waals surface area contributed by atoms with E-state index in [-0.39, 0.29) is 11.7 Å². The number of benzene rings is 2. The number of rotatable bonds is 4. The predicted octanol–water partition coefficient (Wildman–Crippen LogP) is 5.05. The Morgan fingerprint density at radius 1 is 1.14 bits per heavy atom. The van der Waals surface area contributed by atoms with E-state index in [1.807, 2.05) is 31.4 Å². The number of aromatic nitrogens is 2. The van der Waals surface area contributed by atoms with Gasteiger partial charge in [0.1, 0.15) is 5.52 Å². The Balaban J connectivity index is 2.13. The molecular formula is C19H20F3N3O2S. The average molecular weight is 411 g/mol. The quantitative estimate of drug-likeness (QED) is 0.653. The fraction of sp³-hybridized carbons (Fsp3) is 0.316. The fourth-order valence-corrected chi connectivity index (χ4v) is 4.14. The number of hydrogen-bond acceptors (Lipinski definition) is 3. The SMILES string of the molecule is Cc1cc2c(ncn2C(C)C)c(NS(=O)(=O)c2cccc(C(F)(F)F)c2)c1C. The molecular weight excluding hydrogens is 391 g/mol. The Hall–Kier alpha value is -2.55. The van der Waals surface area contributed by atoms with Crippen molar-refractivity contribution >= 4 is 26.7 Å². The van der Waals surface area contributed by atoms with Crippen molar-refractivity contribution in [1.29, 1.82) is 0 Å². The number of aryl methyl sites for hydroxylation is 1. The topological polar surface area (TPSA) is 64.0 Å². The summed E-state index contributed by atoms with van der Waals surface area (Å²) in [6.07, 6.45) is -3.01. The maximum atomic E-state index is 13.0. The molecule has 1 N–H and O–H groups in total. The first-order valence-corrected chi connectivity index (χ1v) is 10.1. The van der Waals surface area contributed by atoms with Crippen LogP contribution in [0.15, 0.2) is 41.6 Å². The zero-order chi connectivity index (χ0) is 20.9. The number of halogens is 3. The van der Waals surface area contributed by atoms with Gasteiger partial charge in [-0.2, -0.15) is 13.2 Å². The summed E-state index contributed by atoms with van der Waals surface area (Å²) < 4.78 is 68.9. The Labute approximate surface area is 161 Å². The van der Waals surface area contributed by atoms with Crippen LogP contribution < -0.4 is 4.72 Å². The van der Waals surface area contributed by atoms with Crippen molar-refractivity contribution in [2.24, 2.45) is 0 Å². The largest absolute Gasteiger partial charge is 0.416 e. The highest BCUT2D eigenvalue weighted by Gasteiger charge is 2.32. The summed E-state index contributed by atoms with van der Waals surface area (Å²) in [6, 6.07) is 5.69. The minimum absolute atomic E-state index is 0.111. The number of nitrogens with one attached hydrogen (secondary N) is 1. The molecule has 0 saturated carbocycles. The summed E-state index contributed by atoms with van der Waals surface area (Å²) in [5.41, 5.74) is 1.96. The molecule has 0 bridgehead atoms. The van der Waals surface area contributed by atoms with Crippen LogP contribution in [0, 0.1) is 13.8 Å². The summed E-state index contributed by atoms with van der Waals surface area (Å²) in [6.45, 7) is 7.53. The Morgan fingerprint density at radius 3 is 2.43 bits per heavy atom. The summed E-state index contributed by atoms with van der Waals surface area (Å²) in [5, 5.41) is 0. The molecule has 0 saturated heterocycles. The van der Waals surface area contributed by atoms with Crippen LogP contribution in [-0.4, -0.2) is 18.0 Å². The van der Waals surface area contributed by atoms with Crippen LogP contribution in [0.25, 0.3) is 11.0 Å². The normalized spacial score (nSPS) is 12.7. The molecule has 0 aliphatic carbocycles. The van der Waals surface area contributed by atoms with Gasteiger partial charge in [0.05, 0.1) is 28.0 Å². The number of sulfonamides is 1. The van der Waals surface area contributed by atoms with Crippen molar-refractivity contribution in [3.05, 3.63) is 53.3 Å². The standard InChI is InChI=1S/C19H20F3N3O2S/c1-11(2)25-10-23-18-16(25)8-12(3)13(4)17(18)24-28(26,27)15-7-5-6-14(9-15)19(20,21)22/h5-11,24H,1-4H3. The van der Waals surface area contributed by atoms with E-state index in [9.17, 15) is 21.6 Å². The van der Waals surface area contributed by atoms with Crippen molar-refractivity contribution in [3.8, 4) is 0 Å². The van der Waals surface area contributed by atoms with E-state index in [1.54, 1.807) is 13.3 Å². The number of hydrogen-bond donors (Lipinski definition) is 1. The first kappa shape index (κ1) is 20.2. The minimum Gasteiger partial charge on any atom is -0.328 e. The second kappa shape index (κ2) is 6.80. The van der Waals surface area contributed by atoms with E-state index in [2.05, 4.69) is 9.71 Å². The van der Waals surface area contributed by atoms with Crippen LogP contribution in [0.2, 0.25) is 0 Å². The number of alkyl halides is 3. The molecule has 5 nitrogen and oxygen atoms in total. The second-order valence-electron chi connectivity index (χ2n) is 6.94. The van der Waals surface area contributed by atoms with E-state index in [1.165, 1.54) is 0 Å². The molecule has 0 amide bonds. The Morgan fingerprint density at radius 2 is 1.82 bits per heavy atom. The molecule has 150 valence electrons. The van der Waals surface area contributed by atoms with Crippen molar-refractivity contribution in [2.75, 3.05) is 4.72 Å². The average Bonchev–Trinajstić information content (AvgIpc) is 3.02. The first-order chi connectivity index (χ1) is 12.9. The van der Waals surface area contributed by atoms with Crippen molar-refractivity contribution in [3.63, 3.8) is 0 Å². The van der Waals surface area contributed by atoms with Gasteiger partial charge in [-0.15, -0.1) is 0 Å². The predicted molar refractivity (Wildman–Crippen MR) is 102 cm³/mol.